The van der Waals surface area contributed by atoms with Crippen LogP contribution in [0.3, 0.4) is 0 Å². The number of carbonyl (C=O) groups excluding carboxylic acids is 1. The van der Waals surface area contributed by atoms with Gasteiger partial charge in [-0.15, -0.1) is 0 Å². The van der Waals surface area contributed by atoms with Crippen molar-refractivity contribution in [2.45, 2.75) is 25.7 Å². The molecule has 1 aliphatic heterocycles. The Balaban J connectivity index is 1.30. The molecular formula is C25H31N7O3. The van der Waals surface area contributed by atoms with E-state index in [-0.39, 0.29) is 5.91 Å². The highest BCUT2D eigenvalue weighted by Gasteiger charge is 2.24. The zero-order valence-corrected chi connectivity index (χ0v) is 20.2. The third kappa shape index (κ3) is 6.12. The molecule has 0 spiro atoms. The minimum Gasteiger partial charge on any atom is -0.439 e. The molecule has 1 aromatic carbocycles. The second kappa shape index (κ2) is 11.7. The first kappa shape index (κ1) is 24.6. The molecule has 1 atom stereocenters. The molecule has 1 unspecified atom stereocenters. The van der Waals surface area contributed by atoms with Gasteiger partial charge < -0.3 is 19.4 Å². The Morgan fingerprint density at radius 1 is 1.26 bits per heavy atom. The van der Waals surface area contributed by atoms with Crippen molar-refractivity contribution in [3.63, 3.8) is 0 Å². The summed E-state index contributed by atoms with van der Waals surface area (Å²) in [5, 5.41) is 13.0. The van der Waals surface area contributed by atoms with E-state index in [4.69, 9.17) is 9.15 Å². The normalized spacial score (nSPS) is 15.2. The molecule has 0 saturated carbocycles. The van der Waals surface area contributed by atoms with Crippen molar-refractivity contribution in [1.29, 1.82) is 5.26 Å². The van der Waals surface area contributed by atoms with Crippen LogP contribution in [0.2, 0.25) is 0 Å². The number of ether oxygens (including phenoxy) is 1. The van der Waals surface area contributed by atoms with E-state index >= 15 is 0 Å². The Hall–Kier alpha value is -3.55. The Morgan fingerprint density at radius 2 is 2.06 bits per heavy atom. The van der Waals surface area contributed by atoms with Gasteiger partial charge in [-0.3, -0.25) is 9.69 Å². The zero-order valence-electron chi connectivity index (χ0n) is 20.2. The summed E-state index contributed by atoms with van der Waals surface area (Å²) in [6.07, 6.45) is 2.82. The third-order valence-corrected chi connectivity index (χ3v) is 6.16. The molecule has 1 saturated heterocycles. The molecule has 1 N–H and O–H groups in total. The van der Waals surface area contributed by atoms with Crippen LogP contribution in [0.15, 0.2) is 34.9 Å². The number of amides is 1. The highest BCUT2D eigenvalue weighted by Crippen LogP contribution is 2.28. The molecular weight excluding hydrogens is 446 g/mol. The number of aryl methyl sites for hydroxylation is 1. The van der Waals surface area contributed by atoms with E-state index in [0.29, 0.717) is 54.6 Å². The van der Waals surface area contributed by atoms with Crippen molar-refractivity contribution < 1.29 is 13.9 Å². The molecule has 0 bridgehead atoms. The number of para-hydroxylation sites is 2. The van der Waals surface area contributed by atoms with Gasteiger partial charge in [-0.25, -0.2) is 15.0 Å². The smallest absolute Gasteiger partial charge is 0.222 e. The number of nitrogens with zero attached hydrogens (tertiary/aromatic N) is 6. The Labute approximate surface area is 204 Å². The number of aromatic nitrogens is 3. The highest BCUT2D eigenvalue weighted by atomic mass is 16.5. The fraction of sp³-hybridized carbons (Fsp3) is 0.480. The summed E-state index contributed by atoms with van der Waals surface area (Å²) in [6, 6.07) is 9.67. The minimum absolute atomic E-state index is 0.171. The molecule has 35 heavy (non-hydrogen) atoms. The second-order valence-corrected chi connectivity index (χ2v) is 8.59. The van der Waals surface area contributed by atoms with Crippen molar-refractivity contribution in [3.05, 3.63) is 47.6 Å². The third-order valence-electron chi connectivity index (χ3n) is 6.16. The number of nitrogens with one attached hydrogen (secondary N) is 1. The topological polar surface area (TPSA) is 120 Å². The monoisotopic (exact) mass is 477 g/mol. The lowest BCUT2D eigenvalue weighted by molar-refractivity contribution is -0.133. The number of hydrogen-bond donors (Lipinski definition) is 1. The Kier molecular flexibility index (Phi) is 8.23. The van der Waals surface area contributed by atoms with Crippen molar-refractivity contribution in [1.82, 2.24) is 24.8 Å². The van der Waals surface area contributed by atoms with Gasteiger partial charge in [0, 0.05) is 59.0 Å². The van der Waals surface area contributed by atoms with Gasteiger partial charge in [-0.1, -0.05) is 12.1 Å². The van der Waals surface area contributed by atoms with Crippen LogP contribution in [0.5, 0.6) is 0 Å². The lowest BCUT2D eigenvalue weighted by Crippen LogP contribution is -2.49. The first-order chi connectivity index (χ1) is 17.1. The standard InChI is InChI=1S/C25H31N7O3/c1-18-17-28-25(27-9-5-8-22(33)32-12-10-31(11-13-32)14-15-34-2)30-23(18)19(16-26)24-29-20-6-3-4-7-21(20)35-24/h3-4,6-7,17,19H,5,8-15H2,1-2H3,(H,27,28,30). The van der Waals surface area contributed by atoms with Crippen LogP contribution in [0.4, 0.5) is 5.95 Å². The lowest BCUT2D eigenvalue weighted by atomic mass is 10.0. The number of rotatable bonds is 10. The predicted octanol–water partition coefficient (Wildman–Crippen LogP) is 2.56. The van der Waals surface area contributed by atoms with Crippen LogP contribution in [-0.2, 0) is 9.53 Å². The van der Waals surface area contributed by atoms with Gasteiger partial charge in [0.25, 0.3) is 0 Å². The average molecular weight is 478 g/mol. The number of piperazine rings is 1. The molecule has 2 aromatic heterocycles. The van der Waals surface area contributed by atoms with Crippen molar-refractivity contribution in [2.75, 3.05) is 58.3 Å². The zero-order chi connectivity index (χ0) is 24.6. The van der Waals surface area contributed by atoms with Gasteiger partial charge in [0.15, 0.2) is 11.5 Å². The van der Waals surface area contributed by atoms with Crippen molar-refractivity contribution in [2.24, 2.45) is 0 Å². The van der Waals surface area contributed by atoms with E-state index < -0.39 is 5.92 Å². The number of nitriles is 1. The largest absolute Gasteiger partial charge is 0.439 e. The van der Waals surface area contributed by atoms with Gasteiger partial charge in [0.1, 0.15) is 5.52 Å². The van der Waals surface area contributed by atoms with Gasteiger partial charge in [-0.2, -0.15) is 5.26 Å². The summed E-state index contributed by atoms with van der Waals surface area (Å²) in [4.78, 5) is 30.2. The summed E-state index contributed by atoms with van der Waals surface area (Å²) in [7, 11) is 1.70. The highest BCUT2D eigenvalue weighted by molar-refractivity contribution is 5.76. The molecule has 0 radical (unpaired) electrons. The second-order valence-electron chi connectivity index (χ2n) is 8.59. The van der Waals surface area contributed by atoms with E-state index in [2.05, 4.69) is 31.2 Å². The number of hydrogen-bond acceptors (Lipinski definition) is 9. The Bertz CT molecular complexity index is 1150. The molecule has 3 aromatic rings. The van der Waals surface area contributed by atoms with Crippen LogP contribution in [0.25, 0.3) is 11.1 Å². The van der Waals surface area contributed by atoms with E-state index in [9.17, 15) is 10.1 Å². The van der Waals surface area contributed by atoms with E-state index in [1.807, 2.05) is 36.1 Å². The van der Waals surface area contributed by atoms with Crippen molar-refractivity contribution >= 4 is 23.0 Å². The summed E-state index contributed by atoms with van der Waals surface area (Å²) < 4.78 is 10.9. The van der Waals surface area contributed by atoms with Crippen LogP contribution in [0, 0.1) is 18.3 Å². The van der Waals surface area contributed by atoms with Gasteiger partial charge >= 0.3 is 0 Å². The first-order valence-electron chi connectivity index (χ1n) is 11.9. The molecule has 0 aliphatic carbocycles. The first-order valence-corrected chi connectivity index (χ1v) is 11.9. The fourth-order valence-corrected chi connectivity index (χ4v) is 4.12. The summed E-state index contributed by atoms with van der Waals surface area (Å²) in [5.74, 6) is 0.162. The average Bonchev–Trinajstić information content (AvgIpc) is 3.31. The summed E-state index contributed by atoms with van der Waals surface area (Å²) >= 11 is 0. The van der Waals surface area contributed by atoms with Gasteiger partial charge in [-0.05, 0) is 31.0 Å². The number of fused-ring (bicyclic) bond motifs is 1. The number of oxazole rings is 1. The maximum Gasteiger partial charge on any atom is 0.222 e. The SMILES string of the molecule is COCCN1CCN(C(=O)CCCNc2ncc(C)c(C(C#N)c3nc4ccccc4o3)n2)CC1. The van der Waals surface area contributed by atoms with E-state index in [1.165, 1.54) is 0 Å². The molecule has 10 heteroatoms. The Morgan fingerprint density at radius 3 is 2.80 bits per heavy atom. The van der Waals surface area contributed by atoms with Crippen molar-refractivity contribution in [3.8, 4) is 6.07 Å². The summed E-state index contributed by atoms with van der Waals surface area (Å²) in [5.41, 5.74) is 2.67. The summed E-state index contributed by atoms with van der Waals surface area (Å²) in [6.45, 7) is 7.31. The molecule has 3 heterocycles. The van der Waals surface area contributed by atoms with Gasteiger partial charge in [0.05, 0.1) is 18.4 Å². The lowest BCUT2D eigenvalue weighted by Gasteiger charge is -2.34. The molecule has 4 rings (SSSR count). The van der Waals surface area contributed by atoms with Crippen LogP contribution >= 0.6 is 0 Å². The number of methoxy groups -OCH3 is 1. The number of benzene rings is 1. The van der Waals surface area contributed by atoms with Crippen LogP contribution in [-0.4, -0.2) is 83.6 Å². The van der Waals surface area contributed by atoms with E-state index in [0.717, 1.165) is 38.3 Å². The van der Waals surface area contributed by atoms with Crippen LogP contribution < -0.4 is 5.32 Å². The van der Waals surface area contributed by atoms with Crippen LogP contribution in [0.1, 0.15) is 35.9 Å². The number of anilines is 1. The quantitative estimate of drug-likeness (QED) is 0.439. The van der Waals surface area contributed by atoms with E-state index in [1.54, 1.807) is 13.3 Å². The van der Waals surface area contributed by atoms with Gasteiger partial charge in [0.2, 0.25) is 17.7 Å². The molecule has 1 amide bonds. The maximum absolute atomic E-state index is 12.6. The molecule has 1 fully saturated rings. The number of carbonyl (C=O) groups is 1. The molecule has 1 aliphatic rings. The predicted molar refractivity (Wildman–Crippen MR) is 131 cm³/mol. The molecule has 184 valence electrons. The minimum atomic E-state index is -0.741. The maximum atomic E-state index is 12.6. The molecule has 10 nitrogen and oxygen atoms in total. The fourth-order valence-electron chi connectivity index (χ4n) is 4.12.